The molecule has 0 amide bonds. The van der Waals surface area contributed by atoms with Crippen LogP contribution in [0.2, 0.25) is 0 Å². The van der Waals surface area contributed by atoms with E-state index in [1.165, 1.54) is 79.3 Å². The molecule has 0 radical (unpaired) electrons. The number of halogens is 3. The van der Waals surface area contributed by atoms with Crippen LogP contribution in [-0.2, 0) is 48.2 Å². The van der Waals surface area contributed by atoms with Crippen LogP contribution in [0.25, 0.3) is 0 Å². The van der Waals surface area contributed by atoms with Gasteiger partial charge in [0.25, 0.3) is 0 Å². The van der Waals surface area contributed by atoms with Gasteiger partial charge in [-0.2, -0.15) is 13.2 Å². The standard InChI is InChI=1S/C33H40F3NO2/c1-3-4-5-6-7-8-9-27-10-12-28(13-11-27)14-15-29-16-18-30(19-17-29)24-37(39-26(2)38)25-31-20-22-32(23-21-31)33(34,35)36/h10-13,16-23H,3-9,14-15,24-25H2,1-2H3. The van der Waals surface area contributed by atoms with Gasteiger partial charge < -0.3 is 4.84 Å². The van der Waals surface area contributed by atoms with E-state index in [4.69, 9.17) is 4.84 Å². The Morgan fingerprint density at radius 1 is 0.641 bits per heavy atom. The van der Waals surface area contributed by atoms with Crippen molar-refractivity contribution < 1.29 is 22.8 Å². The largest absolute Gasteiger partial charge is 0.416 e. The maximum atomic E-state index is 12.8. The number of alkyl halides is 3. The molecule has 0 saturated carbocycles. The van der Waals surface area contributed by atoms with Crippen molar-refractivity contribution in [3.05, 3.63) is 106 Å². The lowest BCUT2D eigenvalue weighted by Gasteiger charge is -2.21. The van der Waals surface area contributed by atoms with Crippen LogP contribution in [0.4, 0.5) is 13.2 Å². The Hall–Kier alpha value is -3.12. The lowest BCUT2D eigenvalue weighted by Crippen LogP contribution is -2.25. The first-order valence-electron chi connectivity index (χ1n) is 14.0. The Labute approximate surface area is 231 Å². The number of unbranched alkanes of at least 4 members (excludes halogenated alkanes) is 5. The van der Waals surface area contributed by atoms with Gasteiger partial charge in [0.1, 0.15) is 0 Å². The topological polar surface area (TPSA) is 29.5 Å². The van der Waals surface area contributed by atoms with E-state index in [9.17, 15) is 18.0 Å². The molecule has 39 heavy (non-hydrogen) atoms. The minimum Gasteiger partial charge on any atom is -0.368 e. The quantitative estimate of drug-likeness (QED) is 0.143. The van der Waals surface area contributed by atoms with Crippen molar-refractivity contribution in [2.24, 2.45) is 0 Å². The van der Waals surface area contributed by atoms with Crippen LogP contribution in [0, 0.1) is 0 Å². The number of nitrogens with zero attached hydrogens (tertiary/aromatic N) is 1. The number of rotatable bonds is 15. The smallest absolute Gasteiger partial charge is 0.368 e. The lowest BCUT2D eigenvalue weighted by molar-refractivity contribution is -0.194. The first-order chi connectivity index (χ1) is 18.7. The SMILES string of the molecule is CCCCCCCCc1ccc(CCc2ccc(CN(Cc3ccc(C(F)(F)F)cc3)OC(C)=O)cc2)cc1. The maximum absolute atomic E-state index is 12.8. The molecule has 3 aromatic rings. The highest BCUT2D eigenvalue weighted by molar-refractivity contribution is 5.65. The van der Waals surface area contributed by atoms with Crippen molar-refractivity contribution in [1.29, 1.82) is 0 Å². The lowest BCUT2D eigenvalue weighted by atomic mass is 10.00. The van der Waals surface area contributed by atoms with Gasteiger partial charge in [-0.25, -0.2) is 0 Å². The summed E-state index contributed by atoms with van der Waals surface area (Å²) in [6.07, 6.45) is 6.55. The van der Waals surface area contributed by atoms with Crippen LogP contribution in [0.15, 0.2) is 72.8 Å². The van der Waals surface area contributed by atoms with Gasteiger partial charge in [-0.15, -0.1) is 5.06 Å². The molecule has 0 saturated heterocycles. The van der Waals surface area contributed by atoms with E-state index in [1.807, 2.05) is 12.1 Å². The summed E-state index contributed by atoms with van der Waals surface area (Å²) >= 11 is 0. The van der Waals surface area contributed by atoms with Gasteiger partial charge in [-0.3, -0.25) is 4.79 Å². The van der Waals surface area contributed by atoms with Gasteiger partial charge in [0.05, 0.1) is 18.7 Å². The van der Waals surface area contributed by atoms with Gasteiger partial charge in [0.2, 0.25) is 0 Å². The first kappa shape index (κ1) is 30.4. The van der Waals surface area contributed by atoms with Crippen molar-refractivity contribution in [2.45, 2.75) is 90.9 Å². The number of carbonyl (C=O) groups excluding carboxylic acids is 1. The minimum absolute atomic E-state index is 0.189. The molecule has 0 atom stereocenters. The van der Waals surface area contributed by atoms with E-state index >= 15 is 0 Å². The van der Waals surface area contributed by atoms with Crippen LogP contribution < -0.4 is 0 Å². The Balaban J connectivity index is 1.48. The molecule has 3 rings (SSSR count). The predicted octanol–water partition coefficient (Wildman–Crippen LogP) is 8.87. The molecule has 0 N–H and O–H groups in total. The molecule has 0 aliphatic rings. The molecule has 0 aliphatic carbocycles. The van der Waals surface area contributed by atoms with Crippen molar-refractivity contribution in [1.82, 2.24) is 5.06 Å². The Bertz CT molecular complexity index is 1120. The van der Waals surface area contributed by atoms with Crippen molar-refractivity contribution in [2.75, 3.05) is 0 Å². The second-order valence-electron chi connectivity index (χ2n) is 10.2. The molecule has 0 aliphatic heterocycles. The Morgan fingerprint density at radius 2 is 1.05 bits per heavy atom. The molecule has 6 heteroatoms. The van der Waals surface area contributed by atoms with Gasteiger partial charge in [0, 0.05) is 6.92 Å². The van der Waals surface area contributed by atoms with E-state index in [0.717, 1.165) is 37.0 Å². The minimum atomic E-state index is -4.38. The molecule has 210 valence electrons. The molecule has 0 aromatic heterocycles. The summed E-state index contributed by atoms with van der Waals surface area (Å²) < 4.78 is 38.5. The molecule has 0 fully saturated rings. The van der Waals surface area contributed by atoms with Crippen molar-refractivity contribution >= 4 is 5.97 Å². The summed E-state index contributed by atoms with van der Waals surface area (Å²) in [6, 6.07) is 22.0. The summed E-state index contributed by atoms with van der Waals surface area (Å²) in [7, 11) is 0. The number of carbonyl (C=O) groups is 1. The fourth-order valence-electron chi connectivity index (χ4n) is 4.59. The average molecular weight is 540 g/mol. The van der Waals surface area contributed by atoms with Crippen LogP contribution >= 0.6 is 0 Å². The van der Waals surface area contributed by atoms with E-state index in [2.05, 4.69) is 43.3 Å². The summed E-state index contributed by atoms with van der Waals surface area (Å²) in [5, 5.41) is 1.46. The maximum Gasteiger partial charge on any atom is 0.416 e. The highest BCUT2D eigenvalue weighted by Crippen LogP contribution is 2.29. The monoisotopic (exact) mass is 539 g/mol. The van der Waals surface area contributed by atoms with Gasteiger partial charge in [0.15, 0.2) is 0 Å². The number of hydroxylamine groups is 2. The zero-order valence-electron chi connectivity index (χ0n) is 23.1. The summed E-state index contributed by atoms with van der Waals surface area (Å²) in [4.78, 5) is 16.9. The summed E-state index contributed by atoms with van der Waals surface area (Å²) in [6.45, 7) is 4.08. The third kappa shape index (κ3) is 11.3. The number of hydrogen-bond acceptors (Lipinski definition) is 3. The average Bonchev–Trinajstić information content (AvgIpc) is 2.90. The van der Waals surface area contributed by atoms with E-state index < -0.39 is 17.7 Å². The second-order valence-corrected chi connectivity index (χ2v) is 10.2. The van der Waals surface area contributed by atoms with E-state index in [1.54, 1.807) is 0 Å². The number of benzene rings is 3. The van der Waals surface area contributed by atoms with Crippen LogP contribution in [0.5, 0.6) is 0 Å². The van der Waals surface area contributed by atoms with Crippen molar-refractivity contribution in [3.63, 3.8) is 0 Å². The molecule has 0 unspecified atom stereocenters. The van der Waals surface area contributed by atoms with Crippen molar-refractivity contribution in [3.8, 4) is 0 Å². The highest BCUT2D eigenvalue weighted by atomic mass is 19.4. The fourth-order valence-corrected chi connectivity index (χ4v) is 4.59. The van der Waals surface area contributed by atoms with Crippen LogP contribution in [-0.4, -0.2) is 11.0 Å². The van der Waals surface area contributed by atoms with E-state index in [0.29, 0.717) is 12.1 Å². The number of hydrogen-bond donors (Lipinski definition) is 0. The third-order valence-electron chi connectivity index (χ3n) is 6.82. The van der Waals surface area contributed by atoms with Gasteiger partial charge in [-0.05, 0) is 65.6 Å². The molecule has 0 spiro atoms. The van der Waals surface area contributed by atoms with Crippen LogP contribution in [0.1, 0.15) is 85.8 Å². The van der Waals surface area contributed by atoms with Gasteiger partial charge in [-0.1, -0.05) is 99.7 Å². The third-order valence-corrected chi connectivity index (χ3v) is 6.82. The fraction of sp³-hybridized carbons (Fsp3) is 0.424. The number of aryl methyl sites for hydroxylation is 3. The molecule has 0 bridgehead atoms. The normalized spacial score (nSPS) is 11.6. The molecule has 3 nitrogen and oxygen atoms in total. The molecular formula is C33H40F3NO2. The van der Waals surface area contributed by atoms with E-state index in [-0.39, 0.29) is 6.54 Å². The second kappa shape index (κ2) is 15.5. The zero-order chi connectivity index (χ0) is 28.1. The first-order valence-corrected chi connectivity index (χ1v) is 14.0. The molecule has 0 heterocycles. The Kier molecular flexibility index (Phi) is 12.1. The zero-order valence-corrected chi connectivity index (χ0v) is 23.1. The summed E-state index contributed by atoms with van der Waals surface area (Å²) in [5.41, 5.74) is 4.82. The molecular weight excluding hydrogens is 499 g/mol. The summed E-state index contributed by atoms with van der Waals surface area (Å²) in [5.74, 6) is -0.475. The van der Waals surface area contributed by atoms with Gasteiger partial charge >= 0.3 is 12.1 Å². The Morgan fingerprint density at radius 3 is 1.51 bits per heavy atom. The van der Waals surface area contributed by atoms with Crippen LogP contribution in [0.3, 0.4) is 0 Å². The predicted molar refractivity (Wildman–Crippen MR) is 150 cm³/mol. The highest BCUT2D eigenvalue weighted by Gasteiger charge is 2.30. The molecule has 3 aromatic carbocycles.